The second-order valence-electron chi connectivity index (χ2n) is 12.8. The molecule has 5 aromatic rings. The fourth-order valence-electron chi connectivity index (χ4n) is 6.89. The van der Waals surface area contributed by atoms with Crippen LogP contribution in [0.2, 0.25) is 0 Å². The number of hydrogen-bond donors (Lipinski definition) is 0. The number of fused-ring (bicyclic) bond motifs is 3. The van der Waals surface area contributed by atoms with Crippen LogP contribution in [-0.4, -0.2) is 67.8 Å². The van der Waals surface area contributed by atoms with Crippen molar-refractivity contribution in [3.8, 4) is 34.1 Å². The summed E-state index contributed by atoms with van der Waals surface area (Å²) >= 11 is 0. The molecule has 3 heterocycles. The highest BCUT2D eigenvalue weighted by atomic mass is 16.5. The zero-order valence-corrected chi connectivity index (χ0v) is 29.6. The van der Waals surface area contributed by atoms with Crippen LogP contribution in [0.15, 0.2) is 96.0 Å². The SMILES string of the molecule is COc1cc(/C=C/C(=O)c2c(C)nc3ccccc3c2-c2ccccc2)ccc1OCCCCOc1cc2c(cc1OC)C(=O)N1CCC[C@H]1C=N2. The van der Waals surface area contributed by atoms with E-state index in [0.29, 0.717) is 58.7 Å². The van der Waals surface area contributed by atoms with Gasteiger partial charge in [0, 0.05) is 35.5 Å². The first kappa shape index (κ1) is 34.5. The molecule has 9 heteroatoms. The lowest BCUT2D eigenvalue weighted by Gasteiger charge is -2.20. The summed E-state index contributed by atoms with van der Waals surface area (Å²) in [6, 6.07) is 27.0. The molecule has 2 aliphatic rings. The van der Waals surface area contributed by atoms with Crippen molar-refractivity contribution in [2.24, 2.45) is 4.99 Å². The Morgan fingerprint density at radius 3 is 2.38 bits per heavy atom. The van der Waals surface area contributed by atoms with Crippen LogP contribution in [0.1, 0.15) is 57.7 Å². The highest BCUT2D eigenvalue weighted by molar-refractivity contribution is 6.16. The Morgan fingerprint density at radius 2 is 1.60 bits per heavy atom. The smallest absolute Gasteiger partial charge is 0.256 e. The van der Waals surface area contributed by atoms with Crippen molar-refractivity contribution in [1.82, 2.24) is 9.88 Å². The van der Waals surface area contributed by atoms with Crippen LogP contribution >= 0.6 is 0 Å². The minimum absolute atomic E-state index is 0.0175. The van der Waals surface area contributed by atoms with Crippen LogP contribution in [0.5, 0.6) is 23.0 Å². The van der Waals surface area contributed by atoms with Crippen LogP contribution in [0.4, 0.5) is 5.69 Å². The molecule has 2 aliphatic heterocycles. The number of hydrogen-bond acceptors (Lipinski definition) is 8. The standard InChI is InChI=1S/C43H41N3O6/c1-28-41(42(30-12-5-4-6-13-30)32-15-7-8-16-34(32)45-28)36(47)19-17-29-18-20-37(38(24-29)49-2)51-22-9-10-23-52-40-26-35-33(25-39(40)50-3)43(48)46-21-11-14-31(46)27-44-35/h4-8,12-13,15-20,24-27,31H,9-11,14,21-23H2,1-3H3/b19-17+/t31-/m0/s1. The highest BCUT2D eigenvalue weighted by Gasteiger charge is 2.32. The van der Waals surface area contributed by atoms with E-state index in [0.717, 1.165) is 59.8 Å². The number of carbonyl (C=O) groups is 2. The fraction of sp³-hybridized carbons (Fsp3) is 0.256. The molecule has 0 saturated carbocycles. The Kier molecular flexibility index (Phi) is 10.3. The van der Waals surface area contributed by atoms with Gasteiger partial charge >= 0.3 is 0 Å². The molecule has 9 nitrogen and oxygen atoms in total. The maximum Gasteiger partial charge on any atom is 0.256 e. The van der Waals surface area contributed by atoms with Crippen molar-refractivity contribution in [3.63, 3.8) is 0 Å². The minimum atomic E-state index is -0.124. The van der Waals surface area contributed by atoms with Crippen molar-refractivity contribution in [2.45, 2.75) is 38.6 Å². The van der Waals surface area contributed by atoms with Gasteiger partial charge in [-0.2, -0.15) is 0 Å². The predicted octanol–water partition coefficient (Wildman–Crippen LogP) is 8.68. The number of aliphatic imine (C=N–C) groups is 1. The number of amides is 1. The van der Waals surface area contributed by atoms with Crippen LogP contribution in [0, 0.1) is 6.92 Å². The van der Waals surface area contributed by atoms with E-state index in [4.69, 9.17) is 23.9 Å². The van der Waals surface area contributed by atoms with E-state index in [9.17, 15) is 9.59 Å². The van der Waals surface area contributed by atoms with Gasteiger partial charge in [-0.25, -0.2) is 0 Å². The van der Waals surface area contributed by atoms with Gasteiger partial charge in [-0.05, 0) is 74.1 Å². The molecule has 0 N–H and O–H groups in total. The molecular weight excluding hydrogens is 654 g/mol. The molecule has 1 fully saturated rings. The normalized spacial score (nSPS) is 15.0. The van der Waals surface area contributed by atoms with E-state index in [1.54, 1.807) is 38.5 Å². The van der Waals surface area contributed by atoms with E-state index in [1.165, 1.54) is 0 Å². The van der Waals surface area contributed by atoms with E-state index in [1.807, 2.05) is 90.8 Å². The van der Waals surface area contributed by atoms with Crippen molar-refractivity contribution in [1.29, 1.82) is 0 Å². The summed E-state index contributed by atoms with van der Waals surface area (Å²) in [5.41, 5.74) is 5.92. The number of unbranched alkanes of at least 4 members (excludes halogenated alkanes) is 1. The van der Waals surface area contributed by atoms with Gasteiger partial charge in [-0.3, -0.25) is 19.6 Å². The van der Waals surface area contributed by atoms with Gasteiger partial charge in [0.15, 0.2) is 28.8 Å². The van der Waals surface area contributed by atoms with Gasteiger partial charge in [0.05, 0.1) is 55.8 Å². The Labute approximate surface area is 303 Å². The van der Waals surface area contributed by atoms with E-state index in [-0.39, 0.29) is 17.7 Å². The zero-order chi connectivity index (χ0) is 36.0. The first-order valence-electron chi connectivity index (χ1n) is 17.6. The Bertz CT molecular complexity index is 2180. The molecule has 52 heavy (non-hydrogen) atoms. The number of pyridine rings is 1. The molecule has 1 saturated heterocycles. The molecule has 0 bridgehead atoms. The van der Waals surface area contributed by atoms with Gasteiger partial charge in [-0.15, -0.1) is 0 Å². The molecule has 0 aliphatic carbocycles. The van der Waals surface area contributed by atoms with Crippen molar-refractivity contribution in [3.05, 3.63) is 113 Å². The van der Waals surface area contributed by atoms with E-state index < -0.39 is 0 Å². The number of aryl methyl sites for hydroxylation is 1. The average Bonchev–Trinajstić information content (AvgIpc) is 3.61. The number of methoxy groups -OCH3 is 2. The largest absolute Gasteiger partial charge is 0.493 e. The number of nitrogens with zero attached hydrogens (tertiary/aromatic N) is 3. The third-order valence-corrected chi connectivity index (χ3v) is 9.51. The van der Waals surface area contributed by atoms with Crippen LogP contribution < -0.4 is 18.9 Å². The van der Waals surface area contributed by atoms with Crippen molar-refractivity contribution < 1.29 is 28.5 Å². The number of carbonyl (C=O) groups excluding carboxylic acids is 2. The molecule has 7 rings (SSSR count). The molecule has 1 atom stereocenters. The van der Waals surface area contributed by atoms with E-state index >= 15 is 0 Å². The lowest BCUT2D eigenvalue weighted by Crippen LogP contribution is -2.35. The van der Waals surface area contributed by atoms with Crippen LogP contribution in [0.25, 0.3) is 28.1 Å². The van der Waals surface area contributed by atoms with Gasteiger partial charge in [0.25, 0.3) is 5.91 Å². The average molecular weight is 696 g/mol. The van der Waals surface area contributed by atoms with Gasteiger partial charge < -0.3 is 23.8 Å². The fourth-order valence-corrected chi connectivity index (χ4v) is 6.89. The first-order valence-corrected chi connectivity index (χ1v) is 17.6. The molecule has 1 aromatic heterocycles. The summed E-state index contributed by atoms with van der Waals surface area (Å²) < 4.78 is 23.3. The molecule has 1 amide bonds. The predicted molar refractivity (Wildman–Crippen MR) is 204 cm³/mol. The lowest BCUT2D eigenvalue weighted by atomic mass is 9.92. The first-order chi connectivity index (χ1) is 25.4. The number of ketones is 1. The summed E-state index contributed by atoms with van der Waals surface area (Å²) in [5, 5.41) is 0.937. The number of aromatic nitrogens is 1. The van der Waals surface area contributed by atoms with E-state index in [2.05, 4.69) is 4.99 Å². The quantitative estimate of drug-likeness (QED) is 0.0691. The second-order valence-corrected chi connectivity index (χ2v) is 12.8. The number of para-hydroxylation sites is 1. The molecular formula is C43H41N3O6. The summed E-state index contributed by atoms with van der Waals surface area (Å²) in [7, 11) is 3.17. The number of benzene rings is 4. The lowest BCUT2D eigenvalue weighted by molar-refractivity contribution is 0.0774. The number of allylic oxidation sites excluding steroid dienone is 1. The topological polar surface area (TPSA) is 99.6 Å². The highest BCUT2D eigenvalue weighted by Crippen LogP contribution is 2.38. The van der Waals surface area contributed by atoms with Gasteiger partial charge in [0.2, 0.25) is 0 Å². The third-order valence-electron chi connectivity index (χ3n) is 9.51. The van der Waals surface area contributed by atoms with Gasteiger partial charge in [-0.1, -0.05) is 60.7 Å². The Balaban J connectivity index is 0.968. The molecule has 0 spiro atoms. The number of rotatable bonds is 13. The monoisotopic (exact) mass is 695 g/mol. The Morgan fingerprint density at radius 1 is 0.865 bits per heavy atom. The summed E-state index contributed by atoms with van der Waals surface area (Å²) in [6.45, 7) is 3.53. The minimum Gasteiger partial charge on any atom is -0.493 e. The molecule has 4 aromatic carbocycles. The third kappa shape index (κ3) is 7.12. The van der Waals surface area contributed by atoms with Crippen molar-refractivity contribution >= 4 is 40.6 Å². The second kappa shape index (κ2) is 15.5. The summed E-state index contributed by atoms with van der Waals surface area (Å²) in [4.78, 5) is 38.1. The molecule has 264 valence electrons. The van der Waals surface area contributed by atoms with Crippen LogP contribution in [-0.2, 0) is 0 Å². The van der Waals surface area contributed by atoms with Gasteiger partial charge in [0.1, 0.15) is 0 Å². The summed E-state index contributed by atoms with van der Waals surface area (Å²) in [5.74, 6) is 2.11. The summed E-state index contributed by atoms with van der Waals surface area (Å²) in [6.07, 6.45) is 8.64. The van der Waals surface area contributed by atoms with Crippen molar-refractivity contribution in [2.75, 3.05) is 34.0 Å². The molecule has 0 radical (unpaired) electrons. The zero-order valence-electron chi connectivity index (χ0n) is 29.6. The van der Waals surface area contributed by atoms with Crippen LogP contribution in [0.3, 0.4) is 0 Å². The molecule has 0 unspecified atom stereocenters. The Hall–Kier alpha value is -5.96. The maximum atomic E-state index is 13.8. The number of ether oxygens (including phenoxy) is 4. The maximum absolute atomic E-state index is 13.8.